The lowest BCUT2D eigenvalue weighted by molar-refractivity contribution is 0.857. The number of hydrogen-bond acceptors (Lipinski definition) is 2. The molecule has 2 rings (SSSR count). The Hall–Kier alpha value is -1.83. The van der Waals surface area contributed by atoms with Gasteiger partial charge in [0.1, 0.15) is 5.82 Å². The molecule has 106 valence electrons. The fraction of sp³-hybridized carbons (Fsp3) is 0.389. The van der Waals surface area contributed by atoms with Crippen LogP contribution in [0.25, 0.3) is 0 Å². The van der Waals surface area contributed by atoms with Crippen LogP contribution in [0.1, 0.15) is 50.7 Å². The van der Waals surface area contributed by atoms with Crippen molar-refractivity contribution in [1.29, 1.82) is 0 Å². The first-order valence-electron chi connectivity index (χ1n) is 7.28. The predicted molar refractivity (Wildman–Crippen MR) is 86.9 cm³/mol. The van der Waals surface area contributed by atoms with Gasteiger partial charge in [0, 0.05) is 18.9 Å². The van der Waals surface area contributed by atoms with Crippen LogP contribution in [0.5, 0.6) is 0 Å². The number of hydrogen-bond donors (Lipinski definition) is 0. The first-order valence-corrected chi connectivity index (χ1v) is 7.28. The number of pyridine rings is 1. The van der Waals surface area contributed by atoms with Crippen LogP contribution < -0.4 is 4.90 Å². The molecule has 0 unspecified atom stereocenters. The first kappa shape index (κ1) is 14.6. The summed E-state index contributed by atoms with van der Waals surface area (Å²) >= 11 is 0. The molecular weight excluding hydrogens is 244 g/mol. The van der Waals surface area contributed by atoms with Crippen molar-refractivity contribution in [3.63, 3.8) is 0 Å². The van der Waals surface area contributed by atoms with Crippen molar-refractivity contribution in [1.82, 2.24) is 4.98 Å². The Labute approximate surface area is 122 Å². The van der Waals surface area contributed by atoms with E-state index in [9.17, 15) is 0 Å². The van der Waals surface area contributed by atoms with Crippen molar-refractivity contribution in [2.45, 2.75) is 39.5 Å². The zero-order valence-corrected chi connectivity index (χ0v) is 13.1. The molecule has 2 heteroatoms. The summed E-state index contributed by atoms with van der Waals surface area (Å²) in [4.78, 5) is 6.68. The first-order chi connectivity index (χ1) is 9.49. The van der Waals surface area contributed by atoms with Crippen LogP contribution in [0.4, 0.5) is 11.5 Å². The fourth-order valence-corrected chi connectivity index (χ4v) is 2.15. The minimum absolute atomic E-state index is 0.521. The van der Waals surface area contributed by atoms with E-state index >= 15 is 0 Å². The Balaban J connectivity index is 2.19. The van der Waals surface area contributed by atoms with Crippen molar-refractivity contribution in [3.05, 3.63) is 53.7 Å². The molecule has 2 aromatic rings. The number of nitrogens with zero attached hydrogens (tertiary/aromatic N) is 2. The molecule has 0 N–H and O–H groups in total. The molecule has 1 aromatic carbocycles. The smallest absolute Gasteiger partial charge is 0.132 e. The second-order valence-corrected chi connectivity index (χ2v) is 5.91. The largest absolute Gasteiger partial charge is 0.329 e. The van der Waals surface area contributed by atoms with E-state index in [0.717, 1.165) is 5.82 Å². The Bertz CT molecular complexity index is 487. The van der Waals surface area contributed by atoms with E-state index in [1.54, 1.807) is 0 Å². The maximum atomic E-state index is 4.56. The van der Waals surface area contributed by atoms with Crippen molar-refractivity contribution in [2.75, 3.05) is 11.9 Å². The van der Waals surface area contributed by atoms with Crippen molar-refractivity contribution in [2.24, 2.45) is 0 Å². The van der Waals surface area contributed by atoms with Gasteiger partial charge in [-0.2, -0.15) is 0 Å². The van der Waals surface area contributed by atoms with Crippen LogP contribution in [-0.2, 0) is 0 Å². The van der Waals surface area contributed by atoms with Crippen LogP contribution in [0.15, 0.2) is 42.6 Å². The molecule has 0 fully saturated rings. The van der Waals surface area contributed by atoms with Crippen LogP contribution >= 0.6 is 0 Å². The molecule has 0 amide bonds. The van der Waals surface area contributed by atoms with Crippen LogP contribution in [0, 0.1) is 0 Å². The molecule has 0 atom stereocenters. The summed E-state index contributed by atoms with van der Waals surface area (Å²) in [6.45, 7) is 8.80. The summed E-state index contributed by atoms with van der Waals surface area (Å²) in [7, 11) is 2.06. The van der Waals surface area contributed by atoms with Gasteiger partial charge in [0.05, 0.1) is 0 Å². The van der Waals surface area contributed by atoms with E-state index < -0.39 is 0 Å². The van der Waals surface area contributed by atoms with Gasteiger partial charge < -0.3 is 4.90 Å². The third-order valence-corrected chi connectivity index (χ3v) is 3.73. The lowest BCUT2D eigenvalue weighted by atomic mass is 10.0. The Morgan fingerprint density at radius 2 is 1.35 bits per heavy atom. The highest BCUT2D eigenvalue weighted by Gasteiger charge is 2.07. The van der Waals surface area contributed by atoms with Gasteiger partial charge in [-0.15, -0.1) is 0 Å². The number of anilines is 2. The lowest BCUT2D eigenvalue weighted by Crippen LogP contribution is -2.11. The highest BCUT2D eigenvalue weighted by molar-refractivity contribution is 5.59. The number of aromatic nitrogens is 1. The average molecular weight is 268 g/mol. The molecule has 1 heterocycles. The van der Waals surface area contributed by atoms with E-state index in [2.05, 4.69) is 81.0 Å². The lowest BCUT2D eigenvalue weighted by Gasteiger charge is -2.19. The van der Waals surface area contributed by atoms with E-state index in [4.69, 9.17) is 0 Å². The molecule has 0 aliphatic heterocycles. The van der Waals surface area contributed by atoms with Gasteiger partial charge in [-0.3, -0.25) is 0 Å². The summed E-state index contributed by atoms with van der Waals surface area (Å²) in [5.41, 5.74) is 3.81. The second-order valence-electron chi connectivity index (χ2n) is 5.91. The number of benzene rings is 1. The van der Waals surface area contributed by atoms with Gasteiger partial charge in [-0.05, 0) is 41.2 Å². The van der Waals surface area contributed by atoms with E-state index in [0.29, 0.717) is 11.8 Å². The highest BCUT2D eigenvalue weighted by atomic mass is 15.2. The molecule has 0 spiro atoms. The fourth-order valence-electron chi connectivity index (χ4n) is 2.15. The minimum Gasteiger partial charge on any atom is -0.329 e. The van der Waals surface area contributed by atoms with Gasteiger partial charge in [-0.1, -0.05) is 45.9 Å². The van der Waals surface area contributed by atoms with E-state index in [1.807, 2.05) is 6.20 Å². The van der Waals surface area contributed by atoms with Crippen LogP contribution in [-0.4, -0.2) is 12.0 Å². The predicted octanol–water partition coefficient (Wildman–Crippen LogP) is 5.10. The second kappa shape index (κ2) is 6.08. The third kappa shape index (κ3) is 3.19. The van der Waals surface area contributed by atoms with Crippen molar-refractivity contribution in [3.8, 4) is 0 Å². The summed E-state index contributed by atoms with van der Waals surface area (Å²) in [5.74, 6) is 2.07. The Kier molecular flexibility index (Phi) is 4.43. The Morgan fingerprint density at radius 1 is 0.800 bits per heavy atom. The maximum Gasteiger partial charge on any atom is 0.132 e. The average Bonchev–Trinajstić information content (AvgIpc) is 2.46. The molecule has 0 bridgehead atoms. The highest BCUT2D eigenvalue weighted by Crippen LogP contribution is 2.25. The van der Waals surface area contributed by atoms with Gasteiger partial charge >= 0.3 is 0 Å². The molecule has 0 radical (unpaired) electrons. The standard InChI is InChI=1S/C18H24N2/c1-13(2)15-6-9-17(10-7-15)20(5)18-11-8-16(12-19-18)14(3)4/h6-14H,1-5H3. The maximum absolute atomic E-state index is 4.56. The van der Waals surface area contributed by atoms with E-state index in [-0.39, 0.29) is 0 Å². The van der Waals surface area contributed by atoms with Crippen molar-refractivity contribution >= 4 is 11.5 Å². The zero-order valence-electron chi connectivity index (χ0n) is 13.1. The minimum atomic E-state index is 0.521. The molecular formula is C18H24N2. The Morgan fingerprint density at radius 3 is 1.80 bits per heavy atom. The SMILES string of the molecule is CC(C)c1ccc(N(C)c2ccc(C(C)C)cn2)cc1. The third-order valence-electron chi connectivity index (χ3n) is 3.73. The topological polar surface area (TPSA) is 16.1 Å². The van der Waals surface area contributed by atoms with Gasteiger partial charge in [0.15, 0.2) is 0 Å². The van der Waals surface area contributed by atoms with Crippen LogP contribution in [0.3, 0.4) is 0 Å². The summed E-state index contributed by atoms with van der Waals surface area (Å²) in [6, 6.07) is 13.0. The molecule has 20 heavy (non-hydrogen) atoms. The summed E-state index contributed by atoms with van der Waals surface area (Å²) in [5, 5.41) is 0. The van der Waals surface area contributed by atoms with Gasteiger partial charge in [0.2, 0.25) is 0 Å². The van der Waals surface area contributed by atoms with Gasteiger partial charge in [-0.25, -0.2) is 4.98 Å². The summed E-state index contributed by atoms with van der Waals surface area (Å²) < 4.78 is 0. The normalized spacial score (nSPS) is 11.2. The monoisotopic (exact) mass is 268 g/mol. The molecule has 0 saturated heterocycles. The van der Waals surface area contributed by atoms with E-state index in [1.165, 1.54) is 16.8 Å². The molecule has 2 nitrogen and oxygen atoms in total. The molecule has 0 aliphatic rings. The molecule has 0 aliphatic carbocycles. The molecule has 1 aromatic heterocycles. The summed E-state index contributed by atoms with van der Waals surface area (Å²) in [6.07, 6.45) is 1.97. The number of rotatable bonds is 4. The zero-order chi connectivity index (χ0) is 14.7. The molecule has 0 saturated carbocycles. The van der Waals surface area contributed by atoms with Crippen LogP contribution in [0.2, 0.25) is 0 Å². The quantitative estimate of drug-likeness (QED) is 0.767. The van der Waals surface area contributed by atoms with Crippen molar-refractivity contribution < 1.29 is 0 Å². The van der Waals surface area contributed by atoms with Gasteiger partial charge in [0.25, 0.3) is 0 Å².